The lowest BCUT2D eigenvalue weighted by atomic mass is 10.1. The molecular weight excluding hydrogens is 314 g/mol. The summed E-state index contributed by atoms with van der Waals surface area (Å²) in [6, 6.07) is 19.1. The van der Waals surface area contributed by atoms with E-state index in [4.69, 9.17) is 4.74 Å². The average molecular weight is 339 g/mol. The maximum atomic E-state index is 12.7. The van der Waals surface area contributed by atoms with Gasteiger partial charge in [-0.3, -0.25) is 9.69 Å². The number of carbonyl (C=O) groups is 1. The van der Waals surface area contributed by atoms with Crippen molar-refractivity contribution in [3.8, 4) is 5.75 Å². The number of amides is 1. The molecule has 0 radical (unpaired) electrons. The van der Waals surface area contributed by atoms with E-state index in [0.717, 1.165) is 38.3 Å². The van der Waals surface area contributed by atoms with Crippen LogP contribution in [0.15, 0.2) is 60.7 Å². The van der Waals surface area contributed by atoms with E-state index < -0.39 is 6.10 Å². The van der Waals surface area contributed by atoms with Crippen LogP contribution in [0, 0.1) is 0 Å². The number of piperazine rings is 1. The van der Waals surface area contributed by atoms with Gasteiger partial charge < -0.3 is 15.4 Å². The SMILES string of the molecule is O=C(NCCN1CCNCC1)C(Oc1ccccc1)c1ccccc1. The van der Waals surface area contributed by atoms with Crippen LogP contribution in [0.4, 0.5) is 0 Å². The van der Waals surface area contributed by atoms with Gasteiger partial charge in [0.05, 0.1) is 0 Å². The fourth-order valence-corrected chi connectivity index (χ4v) is 2.90. The summed E-state index contributed by atoms with van der Waals surface area (Å²) < 4.78 is 5.97. The number of benzene rings is 2. The van der Waals surface area contributed by atoms with E-state index in [2.05, 4.69) is 15.5 Å². The minimum absolute atomic E-state index is 0.106. The molecule has 0 spiro atoms. The summed E-state index contributed by atoms with van der Waals surface area (Å²) in [6.45, 7) is 5.56. The minimum Gasteiger partial charge on any atom is -0.476 e. The first-order chi connectivity index (χ1) is 12.3. The maximum Gasteiger partial charge on any atom is 0.265 e. The number of carbonyl (C=O) groups excluding carboxylic acids is 1. The van der Waals surface area contributed by atoms with Gasteiger partial charge >= 0.3 is 0 Å². The second-order valence-electron chi connectivity index (χ2n) is 6.10. The Kier molecular flexibility index (Phi) is 6.42. The molecule has 1 unspecified atom stereocenters. The average Bonchev–Trinajstić information content (AvgIpc) is 2.68. The van der Waals surface area contributed by atoms with E-state index in [-0.39, 0.29) is 5.91 Å². The second-order valence-corrected chi connectivity index (χ2v) is 6.10. The van der Waals surface area contributed by atoms with Crippen molar-refractivity contribution < 1.29 is 9.53 Å². The van der Waals surface area contributed by atoms with Crippen molar-refractivity contribution in [2.75, 3.05) is 39.3 Å². The molecule has 2 aromatic carbocycles. The van der Waals surface area contributed by atoms with Crippen LogP contribution in [0.5, 0.6) is 5.75 Å². The Bertz CT molecular complexity index is 643. The summed E-state index contributed by atoms with van der Waals surface area (Å²) >= 11 is 0. The van der Waals surface area contributed by atoms with E-state index >= 15 is 0 Å². The summed E-state index contributed by atoms with van der Waals surface area (Å²) in [4.78, 5) is 15.1. The van der Waals surface area contributed by atoms with Gasteiger partial charge in [-0.2, -0.15) is 0 Å². The first-order valence-electron chi connectivity index (χ1n) is 8.80. The molecule has 0 aliphatic carbocycles. The number of hydrogen-bond acceptors (Lipinski definition) is 4. The second kappa shape index (κ2) is 9.20. The quantitative estimate of drug-likeness (QED) is 0.808. The van der Waals surface area contributed by atoms with Crippen molar-refractivity contribution >= 4 is 5.91 Å². The summed E-state index contributed by atoms with van der Waals surface area (Å²) in [5.41, 5.74) is 0.853. The molecule has 0 bridgehead atoms. The molecule has 2 N–H and O–H groups in total. The third-order valence-electron chi connectivity index (χ3n) is 4.27. The molecular formula is C20H25N3O2. The summed E-state index contributed by atoms with van der Waals surface area (Å²) in [5.74, 6) is 0.582. The highest BCUT2D eigenvalue weighted by Crippen LogP contribution is 2.21. The van der Waals surface area contributed by atoms with Crippen molar-refractivity contribution in [3.05, 3.63) is 66.2 Å². The largest absolute Gasteiger partial charge is 0.476 e. The molecule has 1 saturated heterocycles. The zero-order chi connectivity index (χ0) is 17.3. The molecule has 0 aromatic heterocycles. The Labute approximate surface area is 149 Å². The number of ether oxygens (including phenoxy) is 1. The van der Waals surface area contributed by atoms with Crippen molar-refractivity contribution in [1.29, 1.82) is 0 Å². The van der Waals surface area contributed by atoms with Crippen molar-refractivity contribution in [1.82, 2.24) is 15.5 Å². The molecule has 3 rings (SSSR count). The maximum absolute atomic E-state index is 12.7. The van der Waals surface area contributed by atoms with E-state index in [1.54, 1.807) is 0 Å². The molecule has 2 aromatic rings. The van der Waals surface area contributed by atoms with Crippen molar-refractivity contribution in [2.24, 2.45) is 0 Å². The number of nitrogens with one attached hydrogen (secondary N) is 2. The van der Waals surface area contributed by atoms with Crippen LogP contribution in [-0.2, 0) is 4.79 Å². The van der Waals surface area contributed by atoms with Gasteiger partial charge in [0.25, 0.3) is 5.91 Å². The molecule has 1 atom stereocenters. The standard InChI is InChI=1S/C20H25N3O2/c24-20(22-13-16-23-14-11-21-12-15-23)19(17-7-3-1-4-8-17)25-18-9-5-2-6-10-18/h1-10,19,21H,11-16H2,(H,22,24). The number of rotatable bonds is 7. The van der Waals surface area contributed by atoms with Gasteiger partial charge in [0, 0.05) is 44.8 Å². The first-order valence-corrected chi connectivity index (χ1v) is 8.80. The van der Waals surface area contributed by atoms with Crippen LogP contribution in [0.2, 0.25) is 0 Å². The van der Waals surface area contributed by atoms with Crippen LogP contribution < -0.4 is 15.4 Å². The Morgan fingerprint density at radius 1 is 1.04 bits per heavy atom. The molecule has 25 heavy (non-hydrogen) atoms. The molecule has 5 nitrogen and oxygen atoms in total. The number of nitrogens with zero attached hydrogens (tertiary/aromatic N) is 1. The van der Waals surface area contributed by atoms with E-state index in [1.165, 1.54) is 0 Å². The normalized spacial score (nSPS) is 16.2. The topological polar surface area (TPSA) is 53.6 Å². The van der Waals surface area contributed by atoms with Crippen LogP contribution in [0.25, 0.3) is 0 Å². The summed E-state index contributed by atoms with van der Waals surface area (Å²) in [7, 11) is 0. The Morgan fingerprint density at radius 2 is 1.68 bits per heavy atom. The molecule has 1 aliphatic rings. The molecule has 5 heteroatoms. The van der Waals surface area contributed by atoms with Crippen LogP contribution in [0.3, 0.4) is 0 Å². The van der Waals surface area contributed by atoms with Gasteiger partial charge in [-0.25, -0.2) is 0 Å². The zero-order valence-electron chi connectivity index (χ0n) is 14.4. The highest BCUT2D eigenvalue weighted by atomic mass is 16.5. The molecule has 0 saturated carbocycles. The lowest BCUT2D eigenvalue weighted by molar-refractivity contribution is -0.128. The summed E-state index contributed by atoms with van der Waals surface area (Å²) in [6.07, 6.45) is -0.647. The van der Waals surface area contributed by atoms with E-state index in [9.17, 15) is 4.79 Å². The predicted octanol–water partition coefficient (Wildman–Crippen LogP) is 1.83. The van der Waals surface area contributed by atoms with E-state index in [1.807, 2.05) is 60.7 Å². The monoisotopic (exact) mass is 339 g/mol. The van der Waals surface area contributed by atoms with Gasteiger partial charge in [0.2, 0.25) is 6.10 Å². The van der Waals surface area contributed by atoms with Gasteiger partial charge in [0.1, 0.15) is 5.75 Å². The van der Waals surface area contributed by atoms with Gasteiger partial charge in [0.15, 0.2) is 0 Å². The van der Waals surface area contributed by atoms with Crippen LogP contribution in [-0.4, -0.2) is 50.1 Å². The van der Waals surface area contributed by atoms with Crippen molar-refractivity contribution in [2.45, 2.75) is 6.10 Å². The van der Waals surface area contributed by atoms with Crippen molar-refractivity contribution in [3.63, 3.8) is 0 Å². The van der Waals surface area contributed by atoms with Gasteiger partial charge in [-0.05, 0) is 12.1 Å². The van der Waals surface area contributed by atoms with Gasteiger partial charge in [-0.15, -0.1) is 0 Å². The van der Waals surface area contributed by atoms with Gasteiger partial charge in [-0.1, -0.05) is 48.5 Å². The zero-order valence-corrected chi connectivity index (χ0v) is 14.4. The Balaban J connectivity index is 1.60. The Hall–Kier alpha value is -2.37. The predicted molar refractivity (Wildman–Crippen MR) is 98.6 cm³/mol. The molecule has 1 heterocycles. The number of hydrogen-bond donors (Lipinski definition) is 2. The van der Waals surface area contributed by atoms with E-state index in [0.29, 0.717) is 12.3 Å². The minimum atomic E-state index is -0.647. The molecule has 1 fully saturated rings. The highest BCUT2D eigenvalue weighted by Gasteiger charge is 2.22. The van der Waals surface area contributed by atoms with Crippen LogP contribution >= 0.6 is 0 Å². The fourth-order valence-electron chi connectivity index (χ4n) is 2.90. The third-order valence-corrected chi connectivity index (χ3v) is 4.27. The Morgan fingerprint density at radius 3 is 2.36 bits per heavy atom. The highest BCUT2D eigenvalue weighted by molar-refractivity contribution is 5.82. The smallest absolute Gasteiger partial charge is 0.265 e. The fraction of sp³-hybridized carbons (Fsp3) is 0.350. The first kappa shape index (κ1) is 17.5. The van der Waals surface area contributed by atoms with Crippen LogP contribution in [0.1, 0.15) is 11.7 Å². The molecule has 132 valence electrons. The third kappa shape index (κ3) is 5.31. The molecule has 1 aliphatic heterocycles. The lowest BCUT2D eigenvalue weighted by Crippen LogP contribution is -2.46. The number of para-hydroxylation sites is 1. The molecule has 1 amide bonds. The lowest BCUT2D eigenvalue weighted by Gasteiger charge is -2.27. The summed E-state index contributed by atoms with van der Waals surface area (Å²) in [5, 5.41) is 6.35.